The van der Waals surface area contributed by atoms with Gasteiger partial charge in [-0.3, -0.25) is 0 Å². The summed E-state index contributed by atoms with van der Waals surface area (Å²) in [5.41, 5.74) is 9.47. The first kappa shape index (κ1) is 12.5. The largest absolute Gasteiger partial charge is 0.369 e. The molecule has 4 nitrogen and oxygen atoms in total. The van der Waals surface area contributed by atoms with Crippen molar-refractivity contribution >= 4 is 17.0 Å². The molecule has 2 N–H and O–H groups in total. The predicted octanol–water partition coefficient (Wildman–Crippen LogP) is 2.41. The Balaban J connectivity index is 1.79. The van der Waals surface area contributed by atoms with Gasteiger partial charge in [-0.2, -0.15) is 0 Å². The van der Waals surface area contributed by atoms with E-state index in [0.717, 1.165) is 24.1 Å². The van der Waals surface area contributed by atoms with E-state index in [0.29, 0.717) is 5.95 Å². The second-order valence-corrected chi connectivity index (χ2v) is 5.52. The summed E-state index contributed by atoms with van der Waals surface area (Å²) in [5.74, 6) is 0.637. The van der Waals surface area contributed by atoms with E-state index < -0.39 is 0 Å². The number of nitrogen functional groups attached to an aromatic ring is 1. The van der Waals surface area contributed by atoms with Gasteiger partial charge in [-0.05, 0) is 50.6 Å². The maximum atomic E-state index is 6.05. The van der Waals surface area contributed by atoms with E-state index >= 15 is 0 Å². The Bertz CT molecular complexity index is 567. The van der Waals surface area contributed by atoms with Crippen LogP contribution in [0.4, 0.5) is 5.95 Å². The molecule has 0 amide bonds. The molecule has 19 heavy (non-hydrogen) atoms. The van der Waals surface area contributed by atoms with E-state index in [4.69, 9.17) is 5.73 Å². The Kier molecular flexibility index (Phi) is 3.42. The fourth-order valence-corrected chi connectivity index (χ4v) is 2.91. The van der Waals surface area contributed by atoms with E-state index in [-0.39, 0.29) is 0 Å². The third-order valence-corrected chi connectivity index (χ3v) is 4.02. The second-order valence-electron chi connectivity index (χ2n) is 5.52. The van der Waals surface area contributed by atoms with Crippen molar-refractivity contribution in [1.29, 1.82) is 0 Å². The first-order chi connectivity index (χ1) is 9.24. The van der Waals surface area contributed by atoms with Crippen LogP contribution in [0.5, 0.6) is 0 Å². The van der Waals surface area contributed by atoms with Crippen molar-refractivity contribution in [3.8, 4) is 0 Å². The van der Waals surface area contributed by atoms with Crippen molar-refractivity contribution in [1.82, 2.24) is 14.5 Å². The molecule has 0 unspecified atom stereocenters. The predicted molar refractivity (Wildman–Crippen MR) is 79.2 cm³/mol. The lowest BCUT2D eigenvalue weighted by Gasteiger charge is -2.26. The van der Waals surface area contributed by atoms with Crippen LogP contribution in [-0.2, 0) is 6.54 Å². The van der Waals surface area contributed by atoms with Crippen molar-refractivity contribution in [3.05, 3.63) is 23.8 Å². The Labute approximate surface area is 114 Å². The van der Waals surface area contributed by atoms with Crippen LogP contribution in [0.1, 0.15) is 24.8 Å². The maximum absolute atomic E-state index is 6.05. The molecule has 2 heterocycles. The van der Waals surface area contributed by atoms with Crippen LogP contribution in [-0.4, -0.2) is 34.1 Å². The molecule has 0 aliphatic carbocycles. The van der Waals surface area contributed by atoms with Crippen LogP contribution < -0.4 is 5.73 Å². The molecule has 0 atom stereocenters. The minimum atomic E-state index is 0.637. The van der Waals surface area contributed by atoms with Crippen LogP contribution in [0.15, 0.2) is 18.2 Å². The highest BCUT2D eigenvalue weighted by Gasteiger charge is 2.12. The molecular weight excluding hydrogens is 236 g/mol. The lowest BCUT2D eigenvalue weighted by molar-refractivity contribution is 0.222. The van der Waals surface area contributed by atoms with Crippen LogP contribution in [0, 0.1) is 6.92 Å². The normalized spacial score (nSPS) is 17.1. The fourth-order valence-electron chi connectivity index (χ4n) is 2.91. The monoisotopic (exact) mass is 258 g/mol. The van der Waals surface area contributed by atoms with Gasteiger partial charge in [-0.15, -0.1) is 0 Å². The number of nitrogens with two attached hydrogens (primary N) is 1. The van der Waals surface area contributed by atoms with Gasteiger partial charge in [0.1, 0.15) is 0 Å². The minimum absolute atomic E-state index is 0.637. The molecule has 1 saturated heterocycles. The van der Waals surface area contributed by atoms with Gasteiger partial charge in [0.2, 0.25) is 5.95 Å². The molecule has 3 rings (SSSR count). The van der Waals surface area contributed by atoms with Crippen LogP contribution in [0.25, 0.3) is 11.0 Å². The Morgan fingerprint density at radius 2 is 1.95 bits per heavy atom. The van der Waals surface area contributed by atoms with E-state index in [9.17, 15) is 0 Å². The molecule has 0 spiro atoms. The molecule has 0 saturated carbocycles. The number of hydrogen-bond donors (Lipinski definition) is 1. The highest BCUT2D eigenvalue weighted by molar-refractivity contribution is 5.79. The van der Waals surface area contributed by atoms with Gasteiger partial charge in [0.15, 0.2) is 0 Å². The fraction of sp³-hybridized carbons (Fsp3) is 0.533. The molecule has 4 heteroatoms. The van der Waals surface area contributed by atoms with Crippen LogP contribution in [0.2, 0.25) is 0 Å². The number of likely N-dealkylation sites (tertiary alicyclic amines) is 1. The van der Waals surface area contributed by atoms with Crippen molar-refractivity contribution in [2.24, 2.45) is 0 Å². The van der Waals surface area contributed by atoms with Gasteiger partial charge < -0.3 is 15.2 Å². The first-order valence-electron chi connectivity index (χ1n) is 7.19. The van der Waals surface area contributed by atoms with Crippen molar-refractivity contribution in [2.75, 3.05) is 25.4 Å². The zero-order valence-electron chi connectivity index (χ0n) is 11.6. The van der Waals surface area contributed by atoms with E-state index in [1.807, 2.05) is 0 Å². The lowest BCUT2D eigenvalue weighted by atomic mass is 10.1. The zero-order chi connectivity index (χ0) is 13.2. The second kappa shape index (κ2) is 5.21. The maximum Gasteiger partial charge on any atom is 0.201 e. The van der Waals surface area contributed by atoms with E-state index in [1.165, 1.54) is 37.9 Å². The molecule has 1 aromatic heterocycles. The molecule has 1 fully saturated rings. The molecule has 0 bridgehead atoms. The number of rotatable bonds is 3. The highest BCUT2D eigenvalue weighted by Crippen LogP contribution is 2.19. The SMILES string of the molecule is Cc1ccc2nc(N)n(CCN3CCCCC3)c2c1. The number of imidazole rings is 1. The van der Waals surface area contributed by atoms with E-state index in [2.05, 4.69) is 39.6 Å². The van der Waals surface area contributed by atoms with Gasteiger partial charge in [0, 0.05) is 13.1 Å². The molecule has 2 aromatic rings. The van der Waals surface area contributed by atoms with Crippen LogP contribution >= 0.6 is 0 Å². The first-order valence-corrected chi connectivity index (χ1v) is 7.19. The quantitative estimate of drug-likeness (QED) is 0.919. The van der Waals surface area contributed by atoms with Gasteiger partial charge in [0.05, 0.1) is 11.0 Å². The number of aromatic nitrogens is 2. The average Bonchev–Trinajstić information content (AvgIpc) is 2.73. The molecular formula is C15H22N4. The topological polar surface area (TPSA) is 47.1 Å². The highest BCUT2D eigenvalue weighted by atomic mass is 15.2. The summed E-state index contributed by atoms with van der Waals surface area (Å²) in [6, 6.07) is 6.32. The minimum Gasteiger partial charge on any atom is -0.369 e. The lowest BCUT2D eigenvalue weighted by Crippen LogP contribution is -2.32. The number of anilines is 1. The van der Waals surface area contributed by atoms with Crippen molar-refractivity contribution < 1.29 is 0 Å². The third kappa shape index (κ3) is 2.59. The summed E-state index contributed by atoms with van der Waals surface area (Å²) in [7, 11) is 0. The molecule has 102 valence electrons. The average molecular weight is 258 g/mol. The number of fused-ring (bicyclic) bond motifs is 1. The van der Waals surface area contributed by atoms with Crippen molar-refractivity contribution in [3.63, 3.8) is 0 Å². The van der Waals surface area contributed by atoms with Gasteiger partial charge in [-0.1, -0.05) is 12.5 Å². The van der Waals surface area contributed by atoms with Crippen molar-refractivity contribution in [2.45, 2.75) is 32.7 Å². The summed E-state index contributed by atoms with van der Waals surface area (Å²) >= 11 is 0. The molecule has 1 aliphatic heterocycles. The number of benzene rings is 1. The standard InChI is InChI=1S/C15H22N4/c1-12-5-6-13-14(11-12)19(15(16)17-13)10-9-18-7-3-2-4-8-18/h5-6,11H,2-4,7-10H2,1H3,(H2,16,17). The number of nitrogens with zero attached hydrogens (tertiary/aromatic N) is 3. The Morgan fingerprint density at radius 1 is 1.16 bits per heavy atom. The molecule has 1 aliphatic rings. The number of hydrogen-bond acceptors (Lipinski definition) is 3. The van der Waals surface area contributed by atoms with Gasteiger partial charge in [-0.25, -0.2) is 4.98 Å². The molecule has 0 radical (unpaired) electrons. The van der Waals surface area contributed by atoms with Gasteiger partial charge in [0.25, 0.3) is 0 Å². The number of piperidine rings is 1. The summed E-state index contributed by atoms with van der Waals surface area (Å²) in [5, 5.41) is 0. The Hall–Kier alpha value is -1.55. The summed E-state index contributed by atoms with van der Waals surface area (Å²) < 4.78 is 2.15. The smallest absolute Gasteiger partial charge is 0.201 e. The summed E-state index contributed by atoms with van der Waals surface area (Å²) in [6.45, 7) is 6.57. The zero-order valence-corrected chi connectivity index (χ0v) is 11.6. The summed E-state index contributed by atoms with van der Waals surface area (Å²) in [4.78, 5) is 6.97. The van der Waals surface area contributed by atoms with Gasteiger partial charge >= 0.3 is 0 Å². The van der Waals surface area contributed by atoms with E-state index in [1.54, 1.807) is 0 Å². The number of aryl methyl sites for hydroxylation is 1. The van der Waals surface area contributed by atoms with Crippen LogP contribution in [0.3, 0.4) is 0 Å². The Morgan fingerprint density at radius 3 is 2.74 bits per heavy atom. The third-order valence-electron chi connectivity index (χ3n) is 4.02. The molecule has 1 aromatic carbocycles. The summed E-state index contributed by atoms with van der Waals surface area (Å²) in [6.07, 6.45) is 4.05.